The van der Waals surface area contributed by atoms with Crippen LogP contribution in [-0.4, -0.2) is 30.8 Å². The molecule has 0 spiro atoms. The van der Waals surface area contributed by atoms with Gasteiger partial charge in [0.1, 0.15) is 5.78 Å². The fourth-order valence-corrected chi connectivity index (χ4v) is 2.28. The molecule has 56 valence electrons. The number of likely N-dealkylation sites (tertiary alicyclic amines) is 1. The molecule has 0 N–H and O–H groups in total. The smallest absolute Gasteiger partial charge is 0.137 e. The average Bonchev–Trinajstić information content (AvgIpc) is 2.07. The summed E-state index contributed by atoms with van der Waals surface area (Å²) in [6.07, 6.45) is 2.03. The van der Waals surface area contributed by atoms with E-state index in [9.17, 15) is 4.79 Å². The van der Waals surface area contributed by atoms with Crippen molar-refractivity contribution in [3.05, 3.63) is 0 Å². The average molecular weight is 139 g/mol. The van der Waals surface area contributed by atoms with Crippen molar-refractivity contribution in [2.45, 2.75) is 12.8 Å². The van der Waals surface area contributed by atoms with Crippen LogP contribution in [-0.2, 0) is 4.79 Å². The summed E-state index contributed by atoms with van der Waals surface area (Å²) in [6, 6.07) is 0. The van der Waals surface area contributed by atoms with Gasteiger partial charge >= 0.3 is 0 Å². The third-order valence-electron chi connectivity index (χ3n) is 2.66. The number of ketones is 1. The predicted octanol–water partition coefficient (Wildman–Crippen LogP) is 0.527. The Balaban J connectivity index is 2.13. The highest BCUT2D eigenvalue weighted by Gasteiger charge is 2.37. The Morgan fingerprint density at radius 1 is 1.50 bits per heavy atom. The van der Waals surface area contributed by atoms with Crippen molar-refractivity contribution in [1.82, 2.24) is 4.90 Å². The first-order chi connectivity index (χ1) is 4.75. The van der Waals surface area contributed by atoms with Gasteiger partial charge in [0.15, 0.2) is 0 Å². The van der Waals surface area contributed by atoms with Crippen molar-refractivity contribution >= 4 is 5.78 Å². The number of rotatable bonds is 0. The number of hydrogen-bond acceptors (Lipinski definition) is 2. The lowest BCUT2D eigenvalue weighted by Crippen LogP contribution is -2.33. The summed E-state index contributed by atoms with van der Waals surface area (Å²) in [5, 5.41) is 0. The largest absolute Gasteiger partial charge is 0.305 e. The Kier molecular flexibility index (Phi) is 1.31. The Hall–Kier alpha value is -0.370. The number of Topliss-reactive ketones (excluding diaryl/α,β-unsaturated/α-hetero) is 1. The van der Waals surface area contributed by atoms with E-state index in [1.54, 1.807) is 0 Å². The molecule has 1 saturated heterocycles. The minimum absolute atomic E-state index is 0.392. The van der Waals surface area contributed by atoms with Crippen molar-refractivity contribution in [3.8, 4) is 0 Å². The molecule has 2 unspecified atom stereocenters. The third-order valence-corrected chi connectivity index (χ3v) is 2.66. The molecule has 2 heteroatoms. The van der Waals surface area contributed by atoms with Crippen molar-refractivity contribution in [3.63, 3.8) is 0 Å². The maximum Gasteiger partial charge on any atom is 0.137 e. The van der Waals surface area contributed by atoms with E-state index in [1.165, 1.54) is 6.42 Å². The van der Waals surface area contributed by atoms with Gasteiger partial charge in [0.05, 0.1) is 0 Å². The summed E-state index contributed by atoms with van der Waals surface area (Å²) in [4.78, 5) is 13.5. The summed E-state index contributed by atoms with van der Waals surface area (Å²) in [5.74, 6) is 1.59. The lowest BCUT2D eigenvalue weighted by Gasteiger charge is -2.26. The zero-order chi connectivity index (χ0) is 7.14. The second-order valence-corrected chi connectivity index (χ2v) is 3.69. The van der Waals surface area contributed by atoms with E-state index in [2.05, 4.69) is 11.9 Å². The first kappa shape index (κ1) is 6.35. The van der Waals surface area contributed by atoms with Gasteiger partial charge < -0.3 is 4.90 Å². The van der Waals surface area contributed by atoms with Crippen LogP contribution in [0.5, 0.6) is 0 Å². The van der Waals surface area contributed by atoms with Crippen LogP contribution >= 0.6 is 0 Å². The monoisotopic (exact) mass is 139 g/mol. The molecule has 0 aromatic rings. The van der Waals surface area contributed by atoms with E-state index >= 15 is 0 Å². The SMILES string of the molecule is CN1CC2CC(=O)C(C2)C1. The van der Waals surface area contributed by atoms with Gasteiger partial charge in [-0.05, 0) is 19.4 Å². The maximum atomic E-state index is 11.2. The van der Waals surface area contributed by atoms with Crippen LogP contribution in [0.4, 0.5) is 0 Å². The van der Waals surface area contributed by atoms with E-state index in [0.29, 0.717) is 17.6 Å². The van der Waals surface area contributed by atoms with Gasteiger partial charge in [-0.3, -0.25) is 4.79 Å². The summed E-state index contributed by atoms with van der Waals surface area (Å²) in [5.41, 5.74) is 0. The lowest BCUT2D eigenvalue weighted by molar-refractivity contribution is -0.120. The molecule has 2 rings (SSSR count). The van der Waals surface area contributed by atoms with Crippen molar-refractivity contribution < 1.29 is 4.79 Å². The topological polar surface area (TPSA) is 20.3 Å². The highest BCUT2D eigenvalue weighted by molar-refractivity contribution is 5.83. The van der Waals surface area contributed by atoms with Gasteiger partial charge in [0, 0.05) is 25.4 Å². The fraction of sp³-hybridized carbons (Fsp3) is 0.875. The molecule has 2 atom stereocenters. The Morgan fingerprint density at radius 2 is 2.30 bits per heavy atom. The van der Waals surface area contributed by atoms with Crippen LogP contribution in [0, 0.1) is 11.8 Å². The zero-order valence-electron chi connectivity index (χ0n) is 6.34. The zero-order valence-corrected chi connectivity index (χ0v) is 6.34. The molecule has 0 amide bonds. The molecule has 2 fully saturated rings. The first-order valence-electron chi connectivity index (χ1n) is 3.97. The first-order valence-corrected chi connectivity index (χ1v) is 3.97. The molecule has 1 saturated carbocycles. The number of nitrogens with zero attached hydrogens (tertiary/aromatic N) is 1. The lowest BCUT2D eigenvalue weighted by atomic mass is 9.99. The van der Waals surface area contributed by atoms with Crippen molar-refractivity contribution in [2.75, 3.05) is 20.1 Å². The van der Waals surface area contributed by atoms with Crippen LogP contribution in [0.1, 0.15) is 12.8 Å². The molecule has 1 heterocycles. The molecule has 10 heavy (non-hydrogen) atoms. The molecule has 1 aliphatic carbocycles. The molecule has 1 aliphatic heterocycles. The van der Waals surface area contributed by atoms with Crippen LogP contribution < -0.4 is 0 Å². The second-order valence-electron chi connectivity index (χ2n) is 3.69. The van der Waals surface area contributed by atoms with Crippen LogP contribution in [0.3, 0.4) is 0 Å². The van der Waals surface area contributed by atoms with Gasteiger partial charge in [-0.15, -0.1) is 0 Å². The number of piperidine rings is 1. The van der Waals surface area contributed by atoms with E-state index in [-0.39, 0.29) is 0 Å². The third kappa shape index (κ3) is 0.870. The summed E-state index contributed by atoms with van der Waals surface area (Å²) in [7, 11) is 2.11. The standard InChI is InChI=1S/C8H13NO/c1-9-4-6-2-7(5-9)8(10)3-6/h6-7H,2-5H2,1H3. The molecular weight excluding hydrogens is 126 g/mol. The van der Waals surface area contributed by atoms with Gasteiger partial charge in [-0.25, -0.2) is 0 Å². The molecular formula is C8H13NO. The minimum atomic E-state index is 0.392. The van der Waals surface area contributed by atoms with E-state index in [1.807, 2.05) is 0 Å². The normalized spacial score (nSPS) is 40.7. The summed E-state index contributed by atoms with van der Waals surface area (Å²) in [6.45, 7) is 2.15. The van der Waals surface area contributed by atoms with Crippen molar-refractivity contribution in [2.24, 2.45) is 11.8 Å². The fourth-order valence-electron chi connectivity index (χ4n) is 2.28. The number of hydrogen-bond donors (Lipinski definition) is 0. The maximum absolute atomic E-state index is 11.2. The van der Waals surface area contributed by atoms with Gasteiger partial charge in [0.2, 0.25) is 0 Å². The Morgan fingerprint density at radius 3 is 3.00 bits per heavy atom. The van der Waals surface area contributed by atoms with E-state index < -0.39 is 0 Å². The van der Waals surface area contributed by atoms with Crippen LogP contribution in [0.15, 0.2) is 0 Å². The quantitative estimate of drug-likeness (QED) is 0.488. The minimum Gasteiger partial charge on any atom is -0.305 e. The molecule has 0 aromatic heterocycles. The summed E-state index contributed by atoms with van der Waals surface area (Å²) < 4.78 is 0. The molecule has 2 bridgehead atoms. The van der Waals surface area contributed by atoms with Crippen LogP contribution in [0.25, 0.3) is 0 Å². The Labute approximate surface area is 61.2 Å². The Bertz CT molecular complexity index is 167. The van der Waals surface area contributed by atoms with Gasteiger partial charge in [0.25, 0.3) is 0 Å². The van der Waals surface area contributed by atoms with E-state index in [0.717, 1.165) is 19.5 Å². The second kappa shape index (κ2) is 2.06. The summed E-state index contributed by atoms with van der Waals surface area (Å²) >= 11 is 0. The molecule has 2 aliphatic rings. The van der Waals surface area contributed by atoms with Crippen molar-refractivity contribution in [1.29, 1.82) is 0 Å². The molecule has 2 nitrogen and oxygen atoms in total. The highest BCUT2D eigenvalue weighted by Crippen LogP contribution is 2.32. The molecule has 0 radical (unpaired) electrons. The van der Waals surface area contributed by atoms with Crippen LogP contribution in [0.2, 0.25) is 0 Å². The number of carbonyl (C=O) groups is 1. The predicted molar refractivity (Wildman–Crippen MR) is 38.7 cm³/mol. The van der Waals surface area contributed by atoms with Gasteiger partial charge in [-0.1, -0.05) is 0 Å². The molecule has 0 aromatic carbocycles. The highest BCUT2D eigenvalue weighted by atomic mass is 16.1. The van der Waals surface area contributed by atoms with Gasteiger partial charge in [-0.2, -0.15) is 0 Å². The number of carbonyl (C=O) groups excluding carboxylic acids is 1. The van der Waals surface area contributed by atoms with E-state index in [4.69, 9.17) is 0 Å². The number of fused-ring (bicyclic) bond motifs is 2.